The molecule has 0 heterocycles. The fourth-order valence-corrected chi connectivity index (χ4v) is 1.94. The summed E-state index contributed by atoms with van der Waals surface area (Å²) in [6, 6.07) is 12.5. The lowest BCUT2D eigenvalue weighted by Crippen LogP contribution is -2.01. The highest BCUT2D eigenvalue weighted by atomic mass is 16.5. The van der Waals surface area contributed by atoms with Crippen LogP contribution in [0, 0.1) is 5.21 Å². The van der Waals surface area contributed by atoms with Crippen LogP contribution in [0.2, 0.25) is 0 Å². The van der Waals surface area contributed by atoms with Crippen LogP contribution in [-0.2, 0) is 0 Å². The van der Waals surface area contributed by atoms with Crippen molar-refractivity contribution in [2.45, 2.75) is 0 Å². The Hall–Kier alpha value is -2.69. The molecule has 0 bridgehead atoms. The second-order valence-electron chi connectivity index (χ2n) is 4.25. The van der Waals surface area contributed by atoms with Crippen LogP contribution in [0.3, 0.4) is 0 Å². The van der Waals surface area contributed by atoms with Crippen LogP contribution < -0.4 is 14.2 Å². The van der Waals surface area contributed by atoms with Crippen LogP contribution in [0.4, 0.5) is 5.69 Å². The topological polar surface area (TPSA) is 53.8 Å². The Bertz CT molecular complexity index is 613. The minimum absolute atomic E-state index is 0.397. The van der Waals surface area contributed by atoms with Gasteiger partial charge >= 0.3 is 0 Å². The number of hydrogen-bond acceptors (Lipinski definition) is 4. The molecule has 0 saturated heterocycles. The summed E-state index contributed by atoms with van der Waals surface area (Å²) in [5.74, 6) is 1.33. The molecule has 5 heteroatoms. The van der Waals surface area contributed by atoms with Gasteiger partial charge in [-0.2, -0.15) is 4.74 Å². The number of nitrogens with zero attached hydrogens (tertiary/aromatic N) is 1. The molecule has 0 saturated carbocycles. The second-order valence-corrected chi connectivity index (χ2v) is 4.25. The maximum Gasteiger partial charge on any atom is 0.224 e. The quantitative estimate of drug-likeness (QED) is 0.367. The van der Waals surface area contributed by atoms with Gasteiger partial charge in [0.05, 0.1) is 33.5 Å². The third kappa shape index (κ3) is 3.25. The fourth-order valence-electron chi connectivity index (χ4n) is 1.94. The van der Waals surface area contributed by atoms with Crippen molar-refractivity contribution >= 4 is 11.9 Å². The predicted molar refractivity (Wildman–Crippen MR) is 81.0 cm³/mol. The largest absolute Gasteiger partial charge is 0.618 e. The van der Waals surface area contributed by atoms with Crippen LogP contribution in [0.15, 0.2) is 42.5 Å². The van der Waals surface area contributed by atoms with Crippen molar-refractivity contribution < 1.29 is 18.9 Å². The molecule has 21 heavy (non-hydrogen) atoms. The Morgan fingerprint density at radius 3 is 1.95 bits per heavy atom. The maximum atomic E-state index is 12.3. The molecule has 0 aliphatic rings. The molecule has 0 atom stereocenters. The van der Waals surface area contributed by atoms with Crippen molar-refractivity contribution in [3.63, 3.8) is 0 Å². The number of methoxy groups -OCH3 is 3. The first kappa shape index (κ1) is 14.7. The minimum Gasteiger partial charge on any atom is -0.618 e. The van der Waals surface area contributed by atoms with Gasteiger partial charge < -0.3 is 19.4 Å². The van der Waals surface area contributed by atoms with Crippen LogP contribution in [0.25, 0.3) is 0 Å². The van der Waals surface area contributed by atoms with Gasteiger partial charge in [-0.1, -0.05) is 18.2 Å². The zero-order chi connectivity index (χ0) is 15.2. The molecular weight excluding hydrogens is 270 g/mol. The first-order chi connectivity index (χ1) is 10.2. The fraction of sp³-hybridized carbons (Fsp3) is 0.188. The summed E-state index contributed by atoms with van der Waals surface area (Å²) in [6.07, 6.45) is 1.49. The van der Waals surface area contributed by atoms with Gasteiger partial charge in [-0.05, 0) is 12.1 Å². The Labute approximate surface area is 123 Å². The smallest absolute Gasteiger partial charge is 0.224 e. The van der Waals surface area contributed by atoms with E-state index >= 15 is 0 Å². The molecule has 0 fully saturated rings. The summed E-state index contributed by atoms with van der Waals surface area (Å²) in [6.45, 7) is 0. The lowest BCUT2D eigenvalue weighted by atomic mass is 10.2. The van der Waals surface area contributed by atoms with E-state index in [2.05, 4.69) is 0 Å². The molecule has 0 aromatic heterocycles. The number of ether oxygens (including phenoxy) is 3. The van der Waals surface area contributed by atoms with E-state index in [1.807, 2.05) is 30.3 Å². The lowest BCUT2D eigenvalue weighted by Gasteiger charge is -2.13. The Kier molecular flexibility index (Phi) is 4.66. The molecule has 0 radical (unpaired) electrons. The molecule has 2 aromatic carbocycles. The van der Waals surface area contributed by atoms with E-state index in [0.717, 1.165) is 10.3 Å². The monoisotopic (exact) mass is 287 g/mol. The predicted octanol–water partition coefficient (Wildman–Crippen LogP) is 2.97. The van der Waals surface area contributed by atoms with Gasteiger partial charge in [0.15, 0.2) is 17.7 Å². The number of hydrogen-bond donors (Lipinski definition) is 0. The van der Waals surface area contributed by atoms with Crippen LogP contribution in [0.5, 0.6) is 17.2 Å². The molecule has 110 valence electrons. The van der Waals surface area contributed by atoms with Crippen LogP contribution >= 0.6 is 0 Å². The van der Waals surface area contributed by atoms with E-state index in [-0.39, 0.29) is 0 Å². The molecule has 2 rings (SSSR count). The summed E-state index contributed by atoms with van der Waals surface area (Å²) in [5, 5.41) is 12.3. The zero-order valence-corrected chi connectivity index (χ0v) is 12.2. The third-order valence-corrected chi connectivity index (χ3v) is 2.97. The molecule has 2 aromatic rings. The summed E-state index contributed by atoms with van der Waals surface area (Å²) < 4.78 is 16.5. The third-order valence-electron chi connectivity index (χ3n) is 2.97. The highest BCUT2D eigenvalue weighted by Gasteiger charge is 2.16. The summed E-state index contributed by atoms with van der Waals surface area (Å²) >= 11 is 0. The van der Waals surface area contributed by atoms with Gasteiger partial charge in [-0.3, -0.25) is 0 Å². The molecule has 5 nitrogen and oxygen atoms in total. The van der Waals surface area contributed by atoms with Crippen molar-refractivity contribution in [3.05, 3.63) is 53.2 Å². The Balaban J connectivity index is 2.46. The molecule has 0 amide bonds. The van der Waals surface area contributed by atoms with Crippen LogP contribution in [-0.4, -0.2) is 32.3 Å². The first-order valence-corrected chi connectivity index (χ1v) is 6.36. The molecule has 0 unspecified atom stereocenters. The number of benzene rings is 2. The Morgan fingerprint density at radius 1 is 0.905 bits per heavy atom. The van der Waals surface area contributed by atoms with Gasteiger partial charge in [0.25, 0.3) is 0 Å². The molecule has 0 N–H and O–H groups in total. The normalized spacial score (nSPS) is 11.1. The van der Waals surface area contributed by atoms with E-state index in [0.29, 0.717) is 22.9 Å². The molecule has 0 spiro atoms. The zero-order valence-electron chi connectivity index (χ0n) is 12.2. The first-order valence-electron chi connectivity index (χ1n) is 6.36. The van der Waals surface area contributed by atoms with E-state index < -0.39 is 0 Å². The van der Waals surface area contributed by atoms with Gasteiger partial charge in [0.1, 0.15) is 0 Å². The van der Waals surface area contributed by atoms with Crippen LogP contribution in [0.1, 0.15) is 5.56 Å². The minimum atomic E-state index is 0.397. The second kappa shape index (κ2) is 6.65. The van der Waals surface area contributed by atoms with Gasteiger partial charge in [-0.15, -0.1) is 0 Å². The molecular formula is C16H17NO4. The Morgan fingerprint density at radius 2 is 1.48 bits per heavy atom. The van der Waals surface area contributed by atoms with Gasteiger partial charge in [-0.25, -0.2) is 0 Å². The van der Waals surface area contributed by atoms with Crippen molar-refractivity contribution in [1.82, 2.24) is 0 Å². The van der Waals surface area contributed by atoms with Gasteiger partial charge in [0, 0.05) is 5.56 Å². The summed E-state index contributed by atoms with van der Waals surface area (Å²) in [5.41, 5.74) is 1.20. The highest BCUT2D eigenvalue weighted by molar-refractivity contribution is 5.76. The van der Waals surface area contributed by atoms with Crippen molar-refractivity contribution in [3.8, 4) is 17.2 Å². The van der Waals surface area contributed by atoms with E-state index in [9.17, 15) is 5.21 Å². The SMILES string of the molecule is COc1cc([N+]([O-])=Cc2ccccc2)cc(OC)c1OC. The molecule has 0 aliphatic carbocycles. The van der Waals surface area contributed by atoms with E-state index in [1.54, 1.807) is 12.1 Å². The van der Waals surface area contributed by atoms with Crippen molar-refractivity contribution in [1.29, 1.82) is 0 Å². The maximum absolute atomic E-state index is 12.3. The van der Waals surface area contributed by atoms with Crippen molar-refractivity contribution in [2.24, 2.45) is 0 Å². The summed E-state index contributed by atoms with van der Waals surface area (Å²) in [7, 11) is 4.54. The average Bonchev–Trinajstić information content (AvgIpc) is 2.54. The van der Waals surface area contributed by atoms with Crippen molar-refractivity contribution in [2.75, 3.05) is 21.3 Å². The lowest BCUT2D eigenvalue weighted by molar-refractivity contribution is -0.354. The van der Waals surface area contributed by atoms with E-state index in [1.165, 1.54) is 27.5 Å². The van der Waals surface area contributed by atoms with E-state index in [4.69, 9.17) is 14.2 Å². The number of rotatable bonds is 5. The van der Waals surface area contributed by atoms with Gasteiger partial charge in [0.2, 0.25) is 11.4 Å². The average molecular weight is 287 g/mol. The standard InChI is InChI=1S/C16H17NO4/c1-19-14-9-13(10-15(20-2)16(14)21-3)17(18)11-12-7-5-4-6-8-12/h4-11H,1-3H3. The molecule has 0 aliphatic heterocycles. The highest BCUT2D eigenvalue weighted by Crippen LogP contribution is 2.40. The summed E-state index contributed by atoms with van der Waals surface area (Å²) in [4.78, 5) is 0.